The molecule has 10 heteroatoms. The maximum Gasteiger partial charge on any atom is 0.209 e. The molecule has 6 aromatic rings. The first-order valence-corrected chi connectivity index (χ1v) is 13.3. The smallest absolute Gasteiger partial charge is 0.209 e. The van der Waals surface area contributed by atoms with Crippen LogP contribution in [0.5, 0.6) is 0 Å². The van der Waals surface area contributed by atoms with Gasteiger partial charge in [0.05, 0.1) is 29.4 Å². The van der Waals surface area contributed by atoms with Gasteiger partial charge in [0.1, 0.15) is 11.5 Å². The summed E-state index contributed by atoms with van der Waals surface area (Å²) in [5.74, 6) is -0.440. The second kappa shape index (κ2) is 8.91. The molecular weight excluding hydrogens is 491 g/mol. The van der Waals surface area contributed by atoms with E-state index in [1.807, 2.05) is 42.5 Å². The lowest BCUT2D eigenvalue weighted by molar-refractivity contribution is 0.586. The zero-order valence-electron chi connectivity index (χ0n) is 19.7. The molecule has 0 aliphatic rings. The lowest BCUT2D eigenvalue weighted by Crippen LogP contribution is -2.21. The Bertz CT molecular complexity index is 1880. The summed E-state index contributed by atoms with van der Waals surface area (Å²) >= 11 is 0. The molecule has 8 nitrogen and oxygen atoms in total. The second-order valence-electron chi connectivity index (χ2n) is 8.82. The molecule has 3 N–H and O–H groups in total. The Morgan fingerprint density at radius 1 is 0.946 bits per heavy atom. The molecule has 0 unspecified atom stereocenters. The number of aromatic amines is 2. The largest absolute Gasteiger partial charge is 0.353 e. The van der Waals surface area contributed by atoms with Gasteiger partial charge in [-0.1, -0.05) is 12.1 Å². The average molecular weight is 513 g/mol. The van der Waals surface area contributed by atoms with Crippen LogP contribution in [0.4, 0.5) is 4.39 Å². The van der Waals surface area contributed by atoms with E-state index in [0.29, 0.717) is 11.1 Å². The number of hydrogen-bond donors (Lipinski definition) is 3. The molecule has 37 heavy (non-hydrogen) atoms. The van der Waals surface area contributed by atoms with E-state index in [-0.39, 0.29) is 6.54 Å². The number of sulfonamides is 1. The van der Waals surface area contributed by atoms with E-state index in [4.69, 9.17) is 0 Å². The van der Waals surface area contributed by atoms with Crippen LogP contribution < -0.4 is 4.72 Å². The van der Waals surface area contributed by atoms with Crippen molar-refractivity contribution in [3.63, 3.8) is 0 Å². The van der Waals surface area contributed by atoms with Gasteiger partial charge in [0.15, 0.2) is 0 Å². The van der Waals surface area contributed by atoms with Gasteiger partial charge in [-0.25, -0.2) is 17.5 Å². The number of fused-ring (bicyclic) bond motifs is 2. The lowest BCUT2D eigenvalue weighted by Gasteiger charge is -2.08. The van der Waals surface area contributed by atoms with Gasteiger partial charge in [-0.3, -0.25) is 15.1 Å². The Labute approximate surface area is 211 Å². The quantitative estimate of drug-likeness (QED) is 0.290. The van der Waals surface area contributed by atoms with Crippen molar-refractivity contribution in [1.29, 1.82) is 0 Å². The van der Waals surface area contributed by atoms with E-state index >= 15 is 0 Å². The Balaban J connectivity index is 1.44. The van der Waals surface area contributed by atoms with Crippen molar-refractivity contribution < 1.29 is 12.8 Å². The summed E-state index contributed by atoms with van der Waals surface area (Å²) in [4.78, 5) is 12.1. The molecular formula is C27H21FN6O2S. The molecule has 0 atom stereocenters. The SMILES string of the molecule is CS(=O)(=O)NCc1cc(F)cc(-c2cccc3[nH]c(-c4n[nH]c5cnc(-c6cccnc6)cc45)cc23)c1. The molecule has 6 rings (SSSR count). The Morgan fingerprint density at radius 2 is 1.84 bits per heavy atom. The monoisotopic (exact) mass is 512 g/mol. The van der Waals surface area contributed by atoms with Crippen LogP contribution in [0.15, 0.2) is 79.3 Å². The molecule has 0 aliphatic heterocycles. The highest BCUT2D eigenvalue weighted by Crippen LogP contribution is 2.35. The fourth-order valence-corrected chi connectivity index (χ4v) is 4.88. The molecule has 0 saturated carbocycles. The van der Waals surface area contributed by atoms with E-state index < -0.39 is 15.8 Å². The Kier molecular flexibility index (Phi) is 5.54. The molecule has 0 spiro atoms. The van der Waals surface area contributed by atoms with Crippen molar-refractivity contribution >= 4 is 31.8 Å². The first kappa shape index (κ1) is 23.0. The normalized spacial score (nSPS) is 11.9. The molecule has 0 radical (unpaired) electrons. The van der Waals surface area contributed by atoms with Gasteiger partial charge in [-0.2, -0.15) is 5.10 Å². The van der Waals surface area contributed by atoms with Gasteiger partial charge in [0.2, 0.25) is 10.0 Å². The number of hydrogen-bond acceptors (Lipinski definition) is 5. The summed E-state index contributed by atoms with van der Waals surface area (Å²) in [5.41, 5.74) is 6.89. The molecule has 4 aromatic heterocycles. The van der Waals surface area contributed by atoms with Crippen LogP contribution in [-0.4, -0.2) is 39.8 Å². The molecule has 0 saturated heterocycles. The Hall–Kier alpha value is -4.41. The molecule has 0 bridgehead atoms. The van der Waals surface area contributed by atoms with Crippen LogP contribution >= 0.6 is 0 Å². The van der Waals surface area contributed by atoms with Crippen LogP contribution in [0.3, 0.4) is 0 Å². The van der Waals surface area contributed by atoms with Crippen LogP contribution in [0.1, 0.15) is 5.56 Å². The number of benzene rings is 2. The fourth-order valence-electron chi connectivity index (χ4n) is 4.45. The maximum absolute atomic E-state index is 14.5. The number of aromatic nitrogens is 5. The van der Waals surface area contributed by atoms with Crippen molar-refractivity contribution in [3.8, 4) is 33.8 Å². The zero-order valence-corrected chi connectivity index (χ0v) is 20.5. The topological polar surface area (TPSA) is 116 Å². The van der Waals surface area contributed by atoms with Gasteiger partial charge in [-0.15, -0.1) is 0 Å². The van der Waals surface area contributed by atoms with Crippen molar-refractivity contribution in [3.05, 3.63) is 90.6 Å². The number of H-pyrrole nitrogens is 2. The third kappa shape index (κ3) is 4.59. The van der Waals surface area contributed by atoms with Gasteiger partial charge < -0.3 is 4.98 Å². The van der Waals surface area contributed by atoms with E-state index in [1.165, 1.54) is 12.1 Å². The van der Waals surface area contributed by atoms with Crippen molar-refractivity contribution in [2.24, 2.45) is 0 Å². The predicted octanol–water partition coefficient (Wildman–Crippen LogP) is 5.02. The molecule has 0 aliphatic carbocycles. The number of halogens is 1. The standard InChI is InChI=1S/C27H21FN6O2S/c1-37(35,36)31-13-16-8-18(10-19(28)9-16)20-5-2-6-23-21(20)11-25(32-23)27-22-12-24(17-4-3-7-29-14-17)30-15-26(22)33-34-27/h2-12,14-15,31-32H,13H2,1H3,(H,33,34). The number of nitrogens with zero attached hydrogens (tertiary/aromatic N) is 3. The summed E-state index contributed by atoms with van der Waals surface area (Å²) in [7, 11) is -3.40. The molecule has 184 valence electrons. The van der Waals surface area contributed by atoms with Gasteiger partial charge in [-0.05, 0) is 65.2 Å². The maximum atomic E-state index is 14.5. The summed E-state index contributed by atoms with van der Waals surface area (Å²) < 4.78 is 39.9. The summed E-state index contributed by atoms with van der Waals surface area (Å²) in [6.07, 6.45) is 6.31. The van der Waals surface area contributed by atoms with Crippen LogP contribution in [-0.2, 0) is 16.6 Å². The molecule has 0 amide bonds. The summed E-state index contributed by atoms with van der Waals surface area (Å²) in [6, 6.07) is 18.1. The van der Waals surface area contributed by atoms with Gasteiger partial charge >= 0.3 is 0 Å². The van der Waals surface area contributed by atoms with Crippen LogP contribution in [0.2, 0.25) is 0 Å². The highest BCUT2D eigenvalue weighted by Gasteiger charge is 2.15. The van der Waals surface area contributed by atoms with E-state index in [9.17, 15) is 12.8 Å². The van der Waals surface area contributed by atoms with Gasteiger partial charge in [0.25, 0.3) is 0 Å². The third-order valence-electron chi connectivity index (χ3n) is 6.13. The van der Waals surface area contributed by atoms with E-state index in [1.54, 1.807) is 24.7 Å². The minimum absolute atomic E-state index is 0.00448. The lowest BCUT2D eigenvalue weighted by atomic mass is 9.99. The molecule has 0 fully saturated rings. The van der Waals surface area contributed by atoms with Crippen molar-refractivity contribution in [2.45, 2.75) is 6.54 Å². The van der Waals surface area contributed by atoms with E-state index in [2.05, 4.69) is 29.9 Å². The summed E-state index contributed by atoms with van der Waals surface area (Å²) in [6.45, 7) is 0.00448. The fraction of sp³-hybridized carbons (Fsp3) is 0.0741. The zero-order chi connectivity index (χ0) is 25.6. The van der Waals surface area contributed by atoms with Crippen molar-refractivity contribution in [1.82, 2.24) is 29.9 Å². The number of pyridine rings is 2. The van der Waals surface area contributed by atoms with Gasteiger partial charge in [0, 0.05) is 40.8 Å². The third-order valence-corrected chi connectivity index (χ3v) is 6.80. The summed E-state index contributed by atoms with van der Waals surface area (Å²) in [5, 5.41) is 9.38. The molecule has 4 heterocycles. The number of nitrogens with one attached hydrogen (secondary N) is 3. The average Bonchev–Trinajstić information content (AvgIpc) is 3.51. The van der Waals surface area contributed by atoms with Crippen LogP contribution in [0.25, 0.3) is 55.6 Å². The van der Waals surface area contributed by atoms with Crippen LogP contribution in [0, 0.1) is 5.82 Å². The highest BCUT2D eigenvalue weighted by atomic mass is 32.2. The minimum Gasteiger partial charge on any atom is -0.353 e. The number of rotatable bonds is 6. The first-order chi connectivity index (χ1) is 17.8. The Morgan fingerprint density at radius 3 is 2.65 bits per heavy atom. The first-order valence-electron chi connectivity index (χ1n) is 11.5. The molecule has 2 aromatic carbocycles. The van der Waals surface area contributed by atoms with Crippen molar-refractivity contribution in [2.75, 3.05) is 6.26 Å². The second-order valence-corrected chi connectivity index (χ2v) is 10.7. The minimum atomic E-state index is -3.40. The highest BCUT2D eigenvalue weighted by molar-refractivity contribution is 7.88. The predicted molar refractivity (Wildman–Crippen MR) is 141 cm³/mol. The van der Waals surface area contributed by atoms with E-state index in [0.717, 1.165) is 56.3 Å².